The zero-order valence-corrected chi connectivity index (χ0v) is 16.5. The van der Waals surface area contributed by atoms with E-state index < -0.39 is 0 Å². The van der Waals surface area contributed by atoms with Crippen LogP contribution in [0.15, 0.2) is 18.2 Å². The van der Waals surface area contributed by atoms with Gasteiger partial charge in [-0.15, -0.1) is 0 Å². The van der Waals surface area contributed by atoms with Gasteiger partial charge in [-0.2, -0.15) is 5.10 Å². The summed E-state index contributed by atoms with van der Waals surface area (Å²) in [6.07, 6.45) is 2.51. The van der Waals surface area contributed by atoms with Crippen LogP contribution in [0.2, 0.25) is 0 Å². The molecular weight excluding hydrogens is 332 g/mol. The average molecular weight is 361 g/mol. The molecule has 0 amide bonds. The van der Waals surface area contributed by atoms with Crippen LogP contribution >= 0.6 is 12.2 Å². The Morgan fingerprint density at radius 1 is 1.20 bits per heavy atom. The lowest BCUT2D eigenvalue weighted by Gasteiger charge is -2.29. The molecule has 0 aliphatic carbocycles. The molecule has 1 aromatic carbocycles. The van der Waals surface area contributed by atoms with Crippen molar-refractivity contribution in [2.45, 2.75) is 46.9 Å². The molecule has 1 aromatic heterocycles. The highest BCUT2D eigenvalue weighted by atomic mass is 32.1. The predicted octanol–water partition coefficient (Wildman–Crippen LogP) is 3.84. The summed E-state index contributed by atoms with van der Waals surface area (Å²) in [4.78, 5) is 2.43. The van der Waals surface area contributed by atoms with Crippen molar-refractivity contribution in [3.05, 3.63) is 39.9 Å². The van der Waals surface area contributed by atoms with E-state index >= 15 is 0 Å². The summed E-state index contributed by atoms with van der Waals surface area (Å²) in [5, 5.41) is 4.69. The van der Waals surface area contributed by atoms with Gasteiger partial charge in [-0.3, -0.25) is 4.90 Å². The molecule has 0 unspecified atom stereocenters. The largest absolute Gasteiger partial charge is 0.486 e. The molecule has 0 radical (unpaired) electrons. The van der Waals surface area contributed by atoms with Crippen molar-refractivity contribution < 1.29 is 4.74 Å². The number of likely N-dealkylation sites (tertiary alicyclic amines) is 1. The maximum atomic E-state index is 5.92. The molecule has 2 aromatic rings. The standard InChI is InChI=1S/C19H28N4OS/c1-14-7-9-22(10-8-14)13-23-19(25)21(4)18(20-23)12-24-17-6-5-15(2)16(3)11-17/h5-6,11,14H,7-10,12-13H2,1-4H3. The van der Waals surface area contributed by atoms with Crippen LogP contribution in [0.25, 0.3) is 0 Å². The molecule has 136 valence electrons. The molecule has 5 nitrogen and oxygen atoms in total. The summed E-state index contributed by atoms with van der Waals surface area (Å²) in [5.74, 6) is 2.55. The Bertz CT molecular complexity index is 787. The van der Waals surface area contributed by atoms with Crippen molar-refractivity contribution in [3.8, 4) is 5.75 Å². The number of aryl methyl sites for hydroxylation is 2. The number of benzene rings is 1. The van der Waals surface area contributed by atoms with E-state index in [2.05, 4.69) is 42.9 Å². The molecule has 6 heteroatoms. The van der Waals surface area contributed by atoms with Gasteiger partial charge in [-0.1, -0.05) is 13.0 Å². The molecule has 3 rings (SSSR count). The second-order valence-electron chi connectivity index (χ2n) is 7.23. The van der Waals surface area contributed by atoms with Gasteiger partial charge in [0.05, 0.1) is 6.67 Å². The smallest absolute Gasteiger partial charge is 0.198 e. The number of ether oxygens (including phenoxy) is 1. The Morgan fingerprint density at radius 3 is 2.60 bits per heavy atom. The van der Waals surface area contributed by atoms with Crippen LogP contribution in [0.1, 0.15) is 36.7 Å². The number of hydrogen-bond acceptors (Lipinski definition) is 4. The fourth-order valence-electron chi connectivity index (χ4n) is 3.10. The SMILES string of the molecule is Cc1ccc(OCc2nn(CN3CCC(C)CC3)c(=S)n2C)cc1C. The number of aromatic nitrogens is 3. The number of nitrogens with zero attached hydrogens (tertiary/aromatic N) is 4. The molecule has 1 saturated heterocycles. The van der Waals surface area contributed by atoms with Crippen LogP contribution in [-0.2, 0) is 20.3 Å². The third-order valence-electron chi connectivity index (χ3n) is 5.19. The number of piperidine rings is 1. The Kier molecular flexibility index (Phi) is 5.59. The quantitative estimate of drug-likeness (QED) is 0.759. The predicted molar refractivity (Wildman–Crippen MR) is 102 cm³/mol. The van der Waals surface area contributed by atoms with Crippen molar-refractivity contribution >= 4 is 12.2 Å². The minimum atomic E-state index is 0.423. The van der Waals surface area contributed by atoms with E-state index in [1.54, 1.807) is 0 Å². The Morgan fingerprint density at radius 2 is 1.92 bits per heavy atom. The van der Waals surface area contributed by atoms with E-state index in [1.807, 2.05) is 22.4 Å². The third-order valence-corrected chi connectivity index (χ3v) is 5.67. The molecular formula is C19H28N4OS. The van der Waals surface area contributed by atoms with E-state index in [4.69, 9.17) is 17.0 Å². The Labute approximate surface area is 155 Å². The third kappa shape index (κ3) is 4.30. The van der Waals surface area contributed by atoms with E-state index in [9.17, 15) is 0 Å². The highest BCUT2D eigenvalue weighted by Crippen LogP contribution is 2.18. The molecule has 0 atom stereocenters. The number of rotatable bonds is 5. The normalized spacial score (nSPS) is 16.3. The van der Waals surface area contributed by atoms with Crippen LogP contribution in [0.4, 0.5) is 0 Å². The van der Waals surface area contributed by atoms with Crippen LogP contribution < -0.4 is 4.74 Å². The first-order chi connectivity index (χ1) is 11.9. The topological polar surface area (TPSA) is 35.2 Å². The molecule has 0 bridgehead atoms. The lowest BCUT2D eigenvalue weighted by molar-refractivity contribution is 0.145. The van der Waals surface area contributed by atoms with Gasteiger partial charge in [-0.05, 0) is 68.1 Å². The summed E-state index contributed by atoms with van der Waals surface area (Å²) in [7, 11) is 1.96. The molecule has 1 aliphatic heterocycles. The van der Waals surface area contributed by atoms with Gasteiger partial charge in [0.1, 0.15) is 12.4 Å². The fourth-order valence-corrected chi connectivity index (χ4v) is 3.30. The minimum Gasteiger partial charge on any atom is -0.486 e. The van der Waals surface area contributed by atoms with Gasteiger partial charge >= 0.3 is 0 Å². The number of hydrogen-bond donors (Lipinski definition) is 0. The van der Waals surface area contributed by atoms with Crippen molar-refractivity contribution in [3.63, 3.8) is 0 Å². The first-order valence-electron chi connectivity index (χ1n) is 8.99. The first kappa shape index (κ1) is 18.1. The van der Waals surface area contributed by atoms with Crippen LogP contribution in [0.3, 0.4) is 0 Å². The van der Waals surface area contributed by atoms with Gasteiger partial charge in [0.25, 0.3) is 0 Å². The molecule has 0 spiro atoms. The second kappa shape index (κ2) is 7.70. The van der Waals surface area contributed by atoms with Crippen molar-refractivity contribution in [1.82, 2.24) is 19.2 Å². The Hall–Kier alpha value is -1.66. The van der Waals surface area contributed by atoms with Crippen molar-refractivity contribution in [2.24, 2.45) is 13.0 Å². The zero-order valence-electron chi connectivity index (χ0n) is 15.7. The van der Waals surface area contributed by atoms with E-state index in [-0.39, 0.29) is 0 Å². The second-order valence-corrected chi connectivity index (χ2v) is 7.60. The zero-order chi connectivity index (χ0) is 18.0. The highest BCUT2D eigenvalue weighted by molar-refractivity contribution is 7.71. The monoisotopic (exact) mass is 360 g/mol. The Balaban J connectivity index is 1.66. The van der Waals surface area contributed by atoms with Crippen LogP contribution in [0.5, 0.6) is 5.75 Å². The maximum absolute atomic E-state index is 5.92. The molecule has 0 N–H and O–H groups in total. The summed E-state index contributed by atoms with van der Waals surface area (Å²) >= 11 is 5.56. The molecule has 1 fully saturated rings. The lowest BCUT2D eigenvalue weighted by atomic mass is 10.00. The van der Waals surface area contributed by atoms with Crippen LogP contribution in [-0.4, -0.2) is 32.3 Å². The highest BCUT2D eigenvalue weighted by Gasteiger charge is 2.17. The molecule has 25 heavy (non-hydrogen) atoms. The van der Waals surface area contributed by atoms with E-state index in [1.165, 1.54) is 24.0 Å². The molecule has 1 aliphatic rings. The lowest BCUT2D eigenvalue weighted by Crippen LogP contribution is -2.34. The van der Waals surface area contributed by atoms with Crippen molar-refractivity contribution in [1.29, 1.82) is 0 Å². The summed E-state index contributed by atoms with van der Waals surface area (Å²) < 4.78 is 10.5. The summed E-state index contributed by atoms with van der Waals surface area (Å²) in [6.45, 7) is 9.95. The molecule has 0 saturated carbocycles. The molecule has 2 heterocycles. The van der Waals surface area contributed by atoms with E-state index in [0.717, 1.165) is 42.0 Å². The average Bonchev–Trinajstić information content (AvgIpc) is 2.86. The van der Waals surface area contributed by atoms with Gasteiger partial charge in [0.15, 0.2) is 10.6 Å². The minimum absolute atomic E-state index is 0.423. The van der Waals surface area contributed by atoms with Crippen molar-refractivity contribution in [2.75, 3.05) is 13.1 Å². The van der Waals surface area contributed by atoms with Gasteiger partial charge in [-0.25, -0.2) is 4.68 Å². The fraction of sp³-hybridized carbons (Fsp3) is 0.579. The van der Waals surface area contributed by atoms with Gasteiger partial charge < -0.3 is 9.30 Å². The van der Waals surface area contributed by atoms with Gasteiger partial charge in [0, 0.05) is 20.1 Å². The maximum Gasteiger partial charge on any atom is 0.198 e. The van der Waals surface area contributed by atoms with Gasteiger partial charge in [0.2, 0.25) is 0 Å². The first-order valence-corrected chi connectivity index (χ1v) is 9.40. The van der Waals surface area contributed by atoms with E-state index in [0.29, 0.717) is 6.61 Å². The van der Waals surface area contributed by atoms with Crippen LogP contribution in [0, 0.1) is 24.5 Å². The summed E-state index contributed by atoms with van der Waals surface area (Å²) in [6, 6.07) is 6.15. The summed E-state index contributed by atoms with van der Waals surface area (Å²) in [5.41, 5.74) is 2.50.